The lowest BCUT2D eigenvalue weighted by Crippen LogP contribution is -1.81. The van der Waals surface area contributed by atoms with E-state index in [1.165, 1.54) is 0 Å². The molecule has 0 spiro atoms. The second-order valence-electron chi connectivity index (χ2n) is 6.54. The van der Waals surface area contributed by atoms with Gasteiger partial charge in [-0.15, -0.1) is 10.2 Å². The number of hydrogen-bond acceptors (Lipinski definition) is 5. The molecule has 0 unspecified atom stereocenters. The van der Waals surface area contributed by atoms with Crippen LogP contribution in [0.3, 0.4) is 0 Å². The van der Waals surface area contributed by atoms with Crippen molar-refractivity contribution in [2.75, 3.05) is 0 Å². The Morgan fingerprint density at radius 1 is 0.379 bits per heavy atom. The first kappa shape index (κ1) is 17.4. The largest absolute Gasteiger partial charge is 0.265 e. The van der Waals surface area contributed by atoms with E-state index in [1.807, 2.05) is 24.3 Å². The molecule has 0 aliphatic heterocycles. The lowest BCUT2D eigenvalue weighted by molar-refractivity contribution is 1.10. The Morgan fingerprint density at radius 2 is 0.690 bits per heavy atom. The van der Waals surface area contributed by atoms with E-state index in [9.17, 15) is 0 Å². The Labute approximate surface area is 172 Å². The molecule has 4 nitrogen and oxygen atoms in total. The highest BCUT2D eigenvalue weighted by molar-refractivity contribution is 7.17. The van der Waals surface area contributed by atoms with Gasteiger partial charge < -0.3 is 0 Å². The Bertz CT molecular complexity index is 1120. The average Bonchev–Trinajstić information content (AvgIpc) is 3.31. The lowest BCUT2D eigenvalue weighted by Gasteiger charge is -2.02. The van der Waals surface area contributed by atoms with E-state index in [0.29, 0.717) is 0 Å². The summed E-state index contributed by atoms with van der Waals surface area (Å²) < 4.78 is 0. The fourth-order valence-electron chi connectivity index (χ4n) is 3.16. The summed E-state index contributed by atoms with van der Waals surface area (Å²) in [4.78, 5) is 8.14. The molecule has 3 aromatic heterocycles. The minimum absolute atomic E-state index is 0.916. The number of benzene rings is 2. The summed E-state index contributed by atoms with van der Waals surface area (Å²) in [6.07, 6.45) is 7.22. The third-order valence-electron chi connectivity index (χ3n) is 4.72. The number of nitrogens with zero attached hydrogens (tertiary/aromatic N) is 4. The minimum Gasteiger partial charge on any atom is -0.265 e. The van der Waals surface area contributed by atoms with Crippen LogP contribution in [0.25, 0.3) is 43.4 Å². The normalized spacial score (nSPS) is 10.8. The van der Waals surface area contributed by atoms with Crippen molar-refractivity contribution in [1.29, 1.82) is 0 Å². The highest BCUT2D eigenvalue weighted by atomic mass is 32.1. The molecular weight excluding hydrogens is 376 g/mol. The molecule has 0 amide bonds. The van der Waals surface area contributed by atoms with Crippen molar-refractivity contribution in [3.63, 3.8) is 0 Å². The maximum absolute atomic E-state index is 4.40. The molecule has 0 aliphatic carbocycles. The van der Waals surface area contributed by atoms with Crippen molar-refractivity contribution in [3.05, 3.63) is 97.6 Å². The number of rotatable bonds is 4. The van der Waals surface area contributed by atoms with Gasteiger partial charge in [-0.1, -0.05) is 59.9 Å². The van der Waals surface area contributed by atoms with Crippen molar-refractivity contribution < 1.29 is 0 Å². The Morgan fingerprint density at radius 3 is 1.07 bits per heavy atom. The Kier molecular flexibility index (Phi) is 4.64. The standard InChI is InChI=1S/C24H16N4S/c1-5-21(6-2-17(1)19-9-13-25-14-10-19)23-27-28-24(29-23)22-7-3-18(4-8-22)20-11-15-26-16-12-20/h1-16H. The van der Waals surface area contributed by atoms with Crippen LogP contribution in [0.1, 0.15) is 0 Å². The predicted octanol–water partition coefficient (Wildman–Crippen LogP) is 6.00. The van der Waals surface area contributed by atoms with Crippen LogP contribution < -0.4 is 0 Å². The van der Waals surface area contributed by atoms with Crippen LogP contribution in [0.15, 0.2) is 97.6 Å². The summed E-state index contributed by atoms with van der Waals surface area (Å²) in [7, 11) is 0. The van der Waals surface area contributed by atoms with E-state index in [4.69, 9.17) is 0 Å². The quantitative estimate of drug-likeness (QED) is 0.377. The second-order valence-corrected chi connectivity index (χ2v) is 7.52. The van der Waals surface area contributed by atoms with E-state index >= 15 is 0 Å². The monoisotopic (exact) mass is 392 g/mol. The van der Waals surface area contributed by atoms with Crippen LogP contribution in [-0.2, 0) is 0 Å². The van der Waals surface area contributed by atoms with Crippen molar-refractivity contribution in [3.8, 4) is 43.4 Å². The van der Waals surface area contributed by atoms with Gasteiger partial charge >= 0.3 is 0 Å². The molecule has 0 bridgehead atoms. The predicted molar refractivity (Wildman–Crippen MR) is 117 cm³/mol. The SMILES string of the molecule is c1cc(-c2ccc(-c3nnc(-c4ccc(-c5ccncc5)cc4)s3)cc2)ccn1. The second kappa shape index (κ2) is 7.73. The molecule has 5 heteroatoms. The van der Waals surface area contributed by atoms with E-state index in [-0.39, 0.29) is 0 Å². The highest BCUT2D eigenvalue weighted by Gasteiger charge is 2.09. The summed E-state index contributed by atoms with van der Waals surface area (Å²) in [5.41, 5.74) is 6.76. The van der Waals surface area contributed by atoms with Crippen molar-refractivity contribution in [2.24, 2.45) is 0 Å². The van der Waals surface area contributed by atoms with E-state index in [1.54, 1.807) is 36.1 Å². The van der Waals surface area contributed by atoms with Gasteiger partial charge in [0.25, 0.3) is 0 Å². The molecule has 0 aliphatic rings. The molecule has 0 saturated heterocycles. The third kappa shape index (κ3) is 3.68. The van der Waals surface area contributed by atoms with Gasteiger partial charge in [0.2, 0.25) is 0 Å². The topological polar surface area (TPSA) is 51.6 Å². The fourth-order valence-corrected chi connectivity index (χ4v) is 4.01. The number of hydrogen-bond donors (Lipinski definition) is 0. The Hall–Kier alpha value is -3.70. The maximum Gasteiger partial charge on any atom is 0.148 e. The van der Waals surface area contributed by atoms with Crippen LogP contribution in [0.4, 0.5) is 0 Å². The number of aromatic nitrogens is 4. The molecule has 5 rings (SSSR count). The first-order valence-electron chi connectivity index (χ1n) is 9.22. The van der Waals surface area contributed by atoms with E-state index < -0.39 is 0 Å². The smallest absolute Gasteiger partial charge is 0.148 e. The molecule has 0 radical (unpaired) electrons. The number of pyridine rings is 2. The first-order valence-corrected chi connectivity index (χ1v) is 10.0. The van der Waals surface area contributed by atoms with Gasteiger partial charge in [0.1, 0.15) is 10.0 Å². The zero-order valence-electron chi connectivity index (χ0n) is 15.4. The molecule has 0 saturated carbocycles. The summed E-state index contributed by atoms with van der Waals surface area (Å²) in [6, 6.07) is 24.8. The van der Waals surface area contributed by atoms with Crippen LogP contribution in [-0.4, -0.2) is 20.2 Å². The van der Waals surface area contributed by atoms with Gasteiger partial charge in [-0.05, 0) is 46.5 Å². The molecule has 2 aromatic carbocycles. The van der Waals surface area contributed by atoms with Gasteiger partial charge in [0, 0.05) is 35.9 Å². The molecule has 3 heterocycles. The van der Waals surface area contributed by atoms with Gasteiger partial charge in [-0.3, -0.25) is 9.97 Å². The van der Waals surface area contributed by atoms with E-state index in [0.717, 1.165) is 43.4 Å². The van der Waals surface area contributed by atoms with Gasteiger partial charge in [-0.2, -0.15) is 0 Å². The van der Waals surface area contributed by atoms with Gasteiger partial charge in [-0.25, -0.2) is 0 Å². The van der Waals surface area contributed by atoms with Crippen LogP contribution >= 0.6 is 11.3 Å². The Balaban J connectivity index is 1.38. The molecule has 0 fully saturated rings. The zero-order valence-corrected chi connectivity index (χ0v) is 16.3. The minimum atomic E-state index is 0.916. The summed E-state index contributed by atoms with van der Waals surface area (Å²) in [6.45, 7) is 0. The molecule has 29 heavy (non-hydrogen) atoms. The van der Waals surface area contributed by atoms with Crippen LogP contribution in [0, 0.1) is 0 Å². The lowest BCUT2D eigenvalue weighted by atomic mass is 10.1. The third-order valence-corrected chi connectivity index (χ3v) is 5.74. The molecular formula is C24H16N4S. The van der Waals surface area contributed by atoms with Crippen molar-refractivity contribution in [2.45, 2.75) is 0 Å². The van der Waals surface area contributed by atoms with Crippen LogP contribution in [0.5, 0.6) is 0 Å². The maximum atomic E-state index is 4.40. The fraction of sp³-hybridized carbons (Fsp3) is 0. The average molecular weight is 392 g/mol. The van der Waals surface area contributed by atoms with E-state index in [2.05, 4.69) is 68.7 Å². The summed E-state index contributed by atoms with van der Waals surface area (Å²) in [5, 5.41) is 10.6. The van der Waals surface area contributed by atoms with Crippen LogP contribution in [0.2, 0.25) is 0 Å². The summed E-state index contributed by atoms with van der Waals surface area (Å²) >= 11 is 1.60. The van der Waals surface area contributed by atoms with Gasteiger partial charge in [0.15, 0.2) is 0 Å². The van der Waals surface area contributed by atoms with Gasteiger partial charge in [0.05, 0.1) is 0 Å². The molecule has 138 valence electrons. The zero-order chi connectivity index (χ0) is 19.5. The van der Waals surface area contributed by atoms with Crippen molar-refractivity contribution >= 4 is 11.3 Å². The first-order chi connectivity index (χ1) is 14.4. The summed E-state index contributed by atoms with van der Waals surface area (Å²) in [5.74, 6) is 0. The molecule has 5 aromatic rings. The molecule has 0 atom stereocenters. The highest BCUT2D eigenvalue weighted by Crippen LogP contribution is 2.32. The molecule has 0 N–H and O–H groups in total. The van der Waals surface area contributed by atoms with Crippen molar-refractivity contribution in [1.82, 2.24) is 20.2 Å².